The quantitative estimate of drug-likeness (QED) is 0.168. The van der Waals surface area contributed by atoms with E-state index >= 15 is 0 Å². The maximum absolute atomic E-state index is 3.45. The van der Waals surface area contributed by atoms with Crippen LogP contribution in [0.15, 0.2) is 115 Å². The molecule has 3 heterocycles. The standard InChI is InChI=1S/C48H39N3/c1-3-13-32(14-4-1)33-23-26-46-40(29-33)39-19-9-12-22-45(39)51(46)36-25-28-48-42(31-36)41-30-35(24-27-47(41)49(48)34-15-5-2-6-16-34)50-43-20-10-7-17-37(43)38-18-8-11-21-44(38)50/h1-8,12-17,21-28,31,33,35H,9-10,18-20,29-30H2. The number of aromatic nitrogens is 3. The van der Waals surface area contributed by atoms with Gasteiger partial charge in [-0.05, 0) is 127 Å². The van der Waals surface area contributed by atoms with Gasteiger partial charge in [-0.15, -0.1) is 5.73 Å². The lowest BCUT2D eigenvalue weighted by Gasteiger charge is -2.25. The van der Waals surface area contributed by atoms with E-state index in [1.807, 2.05) is 0 Å². The maximum atomic E-state index is 3.45. The predicted molar refractivity (Wildman–Crippen MR) is 212 cm³/mol. The molecular formula is C48H39N3. The van der Waals surface area contributed by atoms with Gasteiger partial charge in [0.05, 0.1) is 17.3 Å². The molecule has 51 heavy (non-hydrogen) atoms. The largest absolute Gasteiger partial charge is 0.336 e. The first-order chi connectivity index (χ1) is 25.3. The predicted octanol–water partition coefficient (Wildman–Crippen LogP) is 11.0. The summed E-state index contributed by atoms with van der Waals surface area (Å²) in [7, 11) is 0. The summed E-state index contributed by atoms with van der Waals surface area (Å²) in [6, 6.07) is 29.4. The molecule has 5 aliphatic rings. The van der Waals surface area contributed by atoms with Crippen molar-refractivity contribution in [1.82, 2.24) is 13.7 Å². The highest BCUT2D eigenvalue weighted by molar-refractivity contribution is 5.93. The van der Waals surface area contributed by atoms with Gasteiger partial charge in [0.25, 0.3) is 0 Å². The van der Waals surface area contributed by atoms with Crippen molar-refractivity contribution in [2.24, 2.45) is 0 Å². The highest BCUT2D eigenvalue weighted by Gasteiger charge is 2.31. The number of hydrogen-bond donors (Lipinski definition) is 0. The van der Waals surface area contributed by atoms with Crippen molar-refractivity contribution in [1.29, 1.82) is 0 Å². The molecular weight excluding hydrogens is 619 g/mol. The Morgan fingerprint density at radius 3 is 2.29 bits per heavy atom. The summed E-state index contributed by atoms with van der Waals surface area (Å²) >= 11 is 0. The van der Waals surface area contributed by atoms with Crippen molar-refractivity contribution in [3.63, 3.8) is 0 Å². The number of hydrogen-bond acceptors (Lipinski definition) is 0. The second kappa shape index (κ2) is 11.4. The summed E-state index contributed by atoms with van der Waals surface area (Å²) < 4.78 is 7.70. The van der Waals surface area contributed by atoms with Crippen molar-refractivity contribution in [2.75, 3.05) is 0 Å². The van der Waals surface area contributed by atoms with E-state index in [0.717, 1.165) is 44.9 Å². The number of nitrogens with zero attached hydrogens (tertiary/aromatic N) is 3. The molecule has 0 radical (unpaired) electrons. The fourth-order valence-electron chi connectivity index (χ4n) is 9.75. The van der Waals surface area contributed by atoms with Gasteiger partial charge in [0.1, 0.15) is 0 Å². The topological polar surface area (TPSA) is 14.8 Å². The summed E-state index contributed by atoms with van der Waals surface area (Å²) in [5.41, 5.74) is 22.8. The van der Waals surface area contributed by atoms with Crippen LogP contribution in [-0.4, -0.2) is 13.7 Å². The number of benzene rings is 3. The van der Waals surface area contributed by atoms with Crippen molar-refractivity contribution < 1.29 is 0 Å². The first kappa shape index (κ1) is 29.0. The SMILES string of the molecule is C1=CCc2c3c(n(C4C=Cc5c(c6cc(-n7c8c(c9c7C=CC(c7ccccc7)C9)CCC=C8)ccc6n5-c5ccccc5)C4)c2C=1)CCC=C3. The van der Waals surface area contributed by atoms with Crippen LogP contribution in [0.3, 0.4) is 0 Å². The Morgan fingerprint density at radius 2 is 1.39 bits per heavy atom. The lowest BCUT2D eigenvalue weighted by atomic mass is 9.85. The Hall–Kier alpha value is -5.76. The van der Waals surface area contributed by atoms with Gasteiger partial charge in [0, 0.05) is 58.0 Å². The molecule has 0 saturated carbocycles. The summed E-state index contributed by atoms with van der Waals surface area (Å²) in [5.74, 6) is 0.411. The Bertz CT molecular complexity index is 2590. The molecule has 0 amide bonds. The van der Waals surface area contributed by atoms with E-state index in [1.54, 1.807) is 0 Å². The molecule has 246 valence electrons. The molecule has 2 atom stereocenters. The molecule has 0 N–H and O–H groups in total. The highest BCUT2D eigenvalue weighted by Crippen LogP contribution is 2.44. The zero-order chi connectivity index (χ0) is 33.5. The fourth-order valence-corrected chi connectivity index (χ4v) is 9.75. The smallest absolute Gasteiger partial charge is 0.0564 e. The van der Waals surface area contributed by atoms with Crippen LogP contribution in [0.4, 0.5) is 0 Å². The third-order valence-corrected chi connectivity index (χ3v) is 12.0. The van der Waals surface area contributed by atoms with Crippen molar-refractivity contribution in [2.45, 2.75) is 56.9 Å². The van der Waals surface area contributed by atoms with E-state index in [9.17, 15) is 0 Å². The Labute approximate surface area is 299 Å². The molecule has 3 nitrogen and oxygen atoms in total. The normalized spacial score (nSPS) is 19.2. The van der Waals surface area contributed by atoms with Crippen molar-refractivity contribution in [3.05, 3.63) is 177 Å². The Morgan fingerprint density at radius 1 is 0.608 bits per heavy atom. The first-order valence-electron chi connectivity index (χ1n) is 18.7. The zero-order valence-corrected chi connectivity index (χ0v) is 28.7. The van der Waals surface area contributed by atoms with Crippen LogP contribution < -0.4 is 0 Å². The summed E-state index contributed by atoms with van der Waals surface area (Å²) in [4.78, 5) is 0. The minimum Gasteiger partial charge on any atom is -0.336 e. The summed E-state index contributed by atoms with van der Waals surface area (Å²) in [5, 5.41) is 1.35. The van der Waals surface area contributed by atoms with Gasteiger partial charge in [-0.1, -0.05) is 78.9 Å². The number of para-hydroxylation sites is 1. The molecule has 3 aromatic carbocycles. The average Bonchev–Trinajstić information content (AvgIpc) is 3.83. The second-order valence-corrected chi connectivity index (χ2v) is 14.7. The van der Waals surface area contributed by atoms with Gasteiger partial charge < -0.3 is 13.7 Å². The number of allylic oxidation sites excluding steroid dienone is 5. The van der Waals surface area contributed by atoms with E-state index < -0.39 is 0 Å². The van der Waals surface area contributed by atoms with Gasteiger partial charge in [-0.25, -0.2) is 0 Å². The molecule has 0 aliphatic heterocycles. The van der Waals surface area contributed by atoms with Crippen molar-refractivity contribution >= 4 is 41.3 Å². The van der Waals surface area contributed by atoms with E-state index in [1.165, 1.54) is 84.1 Å². The molecule has 0 bridgehead atoms. The van der Waals surface area contributed by atoms with Gasteiger partial charge in [0.2, 0.25) is 0 Å². The summed E-state index contributed by atoms with van der Waals surface area (Å²) in [6.07, 6.45) is 31.0. The van der Waals surface area contributed by atoms with Crippen LogP contribution >= 0.6 is 0 Å². The minimum atomic E-state index is 0.254. The molecule has 0 saturated heterocycles. The van der Waals surface area contributed by atoms with Gasteiger partial charge in [-0.2, -0.15) is 0 Å². The maximum Gasteiger partial charge on any atom is 0.0564 e. The van der Waals surface area contributed by atoms with Crippen LogP contribution in [0.5, 0.6) is 0 Å². The third-order valence-electron chi connectivity index (χ3n) is 12.0. The molecule has 3 aromatic heterocycles. The zero-order valence-electron chi connectivity index (χ0n) is 28.7. The molecule has 5 aliphatic carbocycles. The van der Waals surface area contributed by atoms with E-state index in [2.05, 4.69) is 159 Å². The lowest BCUT2D eigenvalue weighted by Crippen LogP contribution is -2.18. The van der Waals surface area contributed by atoms with Gasteiger partial charge >= 0.3 is 0 Å². The van der Waals surface area contributed by atoms with Crippen LogP contribution in [0, 0.1) is 0 Å². The van der Waals surface area contributed by atoms with Crippen molar-refractivity contribution in [3.8, 4) is 11.4 Å². The van der Waals surface area contributed by atoms with E-state index in [4.69, 9.17) is 0 Å². The van der Waals surface area contributed by atoms with E-state index in [0.29, 0.717) is 5.92 Å². The first-order valence-corrected chi connectivity index (χ1v) is 18.7. The van der Waals surface area contributed by atoms with Gasteiger partial charge in [-0.3, -0.25) is 0 Å². The molecule has 2 unspecified atom stereocenters. The highest BCUT2D eigenvalue weighted by atomic mass is 15.1. The number of rotatable bonds is 4. The molecule has 0 fully saturated rings. The van der Waals surface area contributed by atoms with E-state index in [-0.39, 0.29) is 6.04 Å². The molecule has 0 spiro atoms. The van der Waals surface area contributed by atoms with Crippen LogP contribution in [0.1, 0.15) is 86.7 Å². The second-order valence-electron chi connectivity index (χ2n) is 14.7. The molecule has 11 rings (SSSR count). The van der Waals surface area contributed by atoms with Crippen LogP contribution in [-0.2, 0) is 32.1 Å². The minimum absolute atomic E-state index is 0.254. The molecule has 6 aromatic rings. The monoisotopic (exact) mass is 657 g/mol. The Balaban J connectivity index is 1.09. The fraction of sp³-hybridized carbons (Fsp3) is 0.188. The van der Waals surface area contributed by atoms with Crippen LogP contribution in [0.2, 0.25) is 0 Å². The van der Waals surface area contributed by atoms with Crippen LogP contribution in [0.25, 0.3) is 52.7 Å². The number of fused-ring (bicyclic) bond motifs is 9. The Kier molecular flexibility index (Phi) is 6.48. The lowest BCUT2D eigenvalue weighted by molar-refractivity contribution is 0.569. The third kappa shape index (κ3) is 4.38. The average molecular weight is 658 g/mol. The van der Waals surface area contributed by atoms with Gasteiger partial charge in [0.15, 0.2) is 0 Å². The summed E-state index contributed by atoms with van der Waals surface area (Å²) in [6.45, 7) is 0. The molecule has 3 heteroatoms.